The third-order valence-corrected chi connectivity index (χ3v) is 5.74. The van der Waals surface area contributed by atoms with Crippen LogP contribution in [-0.2, 0) is 20.9 Å². The highest BCUT2D eigenvalue weighted by Crippen LogP contribution is 2.49. The maximum Gasteiger partial charge on any atom is 0.356 e. The van der Waals surface area contributed by atoms with Crippen molar-refractivity contribution in [2.45, 2.75) is 12.0 Å². The summed E-state index contributed by atoms with van der Waals surface area (Å²) in [5, 5.41) is 19.9. The Hall–Kier alpha value is -3.37. The predicted molar refractivity (Wildman–Crippen MR) is 102 cm³/mol. The number of rotatable bonds is 6. The lowest BCUT2D eigenvalue weighted by atomic mass is 10.0. The van der Waals surface area contributed by atoms with E-state index in [4.69, 9.17) is 9.15 Å². The number of ether oxygens (including phenoxy) is 1. The first kappa shape index (κ1) is 19.0. The van der Waals surface area contributed by atoms with Crippen molar-refractivity contribution >= 4 is 35.4 Å². The second kappa shape index (κ2) is 7.57. The average molecular weight is 414 g/mol. The SMILES string of the molecule is O=C(OCc1ccc([N+](=O)[O-])cc1)C1=C(CO)SC2C(=Cc3ccoc3)C(=O)N12. The van der Waals surface area contributed by atoms with Gasteiger partial charge >= 0.3 is 5.97 Å². The summed E-state index contributed by atoms with van der Waals surface area (Å²) in [7, 11) is 0. The molecular weight excluding hydrogens is 400 g/mol. The Morgan fingerprint density at radius 2 is 2.10 bits per heavy atom. The van der Waals surface area contributed by atoms with Crippen molar-refractivity contribution in [3.63, 3.8) is 0 Å². The number of nitro benzene ring substituents is 1. The fourth-order valence-electron chi connectivity index (χ4n) is 3.01. The Bertz CT molecular complexity index is 1040. The van der Waals surface area contributed by atoms with Gasteiger partial charge in [0, 0.05) is 22.6 Å². The van der Waals surface area contributed by atoms with E-state index in [1.54, 1.807) is 12.1 Å². The number of aliphatic hydroxyl groups excluding tert-OH is 1. The van der Waals surface area contributed by atoms with Gasteiger partial charge in [0.2, 0.25) is 0 Å². The number of hydrogen-bond donors (Lipinski definition) is 1. The number of carbonyl (C=O) groups is 2. The Balaban J connectivity index is 1.46. The van der Waals surface area contributed by atoms with Gasteiger partial charge in [-0.15, -0.1) is 0 Å². The normalized spacial score (nSPS) is 19.3. The van der Waals surface area contributed by atoms with E-state index in [1.165, 1.54) is 53.5 Å². The number of esters is 1. The molecule has 3 heterocycles. The number of carbonyl (C=O) groups excluding carboxylic acids is 2. The highest BCUT2D eigenvalue weighted by atomic mass is 32.2. The molecule has 1 aromatic carbocycles. The molecule has 1 unspecified atom stereocenters. The number of non-ortho nitro benzene ring substituents is 1. The van der Waals surface area contributed by atoms with E-state index >= 15 is 0 Å². The van der Waals surface area contributed by atoms with Crippen LogP contribution in [0.1, 0.15) is 11.1 Å². The molecule has 2 aliphatic rings. The molecule has 1 N–H and O–H groups in total. The minimum atomic E-state index is -0.738. The number of amides is 1. The predicted octanol–water partition coefficient (Wildman–Crippen LogP) is 2.43. The summed E-state index contributed by atoms with van der Waals surface area (Å²) in [4.78, 5) is 37.0. The van der Waals surface area contributed by atoms with Crippen molar-refractivity contribution in [2.75, 3.05) is 6.61 Å². The van der Waals surface area contributed by atoms with Crippen molar-refractivity contribution in [1.29, 1.82) is 0 Å². The molecule has 0 saturated carbocycles. The van der Waals surface area contributed by atoms with Crippen LogP contribution in [0.15, 0.2) is 63.5 Å². The maximum absolute atomic E-state index is 12.6. The molecule has 0 radical (unpaired) electrons. The molecule has 10 heteroatoms. The minimum absolute atomic E-state index is 0.0266. The van der Waals surface area contributed by atoms with Crippen LogP contribution in [0.4, 0.5) is 5.69 Å². The molecule has 2 aliphatic heterocycles. The number of benzene rings is 1. The summed E-state index contributed by atoms with van der Waals surface area (Å²) >= 11 is 1.22. The van der Waals surface area contributed by atoms with Crippen molar-refractivity contribution in [3.05, 3.63) is 80.3 Å². The molecule has 1 fully saturated rings. The summed E-state index contributed by atoms with van der Waals surface area (Å²) in [6.07, 6.45) is 4.68. The maximum atomic E-state index is 12.6. The van der Waals surface area contributed by atoms with Gasteiger partial charge in [0.25, 0.3) is 11.6 Å². The lowest BCUT2D eigenvalue weighted by Gasteiger charge is -2.37. The highest BCUT2D eigenvalue weighted by Gasteiger charge is 2.52. The van der Waals surface area contributed by atoms with Gasteiger partial charge in [-0.25, -0.2) is 4.79 Å². The standard InChI is InChI=1S/C19H14N2O7S/c22-8-15-16(19(24)28-10-11-1-3-13(4-2-11)21(25)26)20-17(23)14(18(20)29-15)7-12-5-6-27-9-12/h1-7,9,18,22H,8,10H2. The number of β-lactam (4-membered cyclic amide) rings is 1. The van der Waals surface area contributed by atoms with E-state index in [2.05, 4.69) is 0 Å². The molecule has 2 aromatic rings. The second-order valence-electron chi connectivity index (χ2n) is 6.23. The van der Waals surface area contributed by atoms with Crippen molar-refractivity contribution in [1.82, 2.24) is 4.90 Å². The summed E-state index contributed by atoms with van der Waals surface area (Å²) < 4.78 is 10.3. The monoisotopic (exact) mass is 414 g/mol. The number of nitrogens with zero attached hydrogens (tertiary/aromatic N) is 2. The fourth-order valence-corrected chi connectivity index (χ4v) is 4.25. The van der Waals surface area contributed by atoms with Crippen LogP contribution in [0.2, 0.25) is 0 Å². The van der Waals surface area contributed by atoms with Crippen LogP contribution in [-0.4, -0.2) is 38.8 Å². The van der Waals surface area contributed by atoms with Gasteiger partial charge in [0.15, 0.2) is 0 Å². The van der Waals surface area contributed by atoms with Gasteiger partial charge in [0.1, 0.15) is 17.7 Å². The minimum Gasteiger partial charge on any atom is -0.472 e. The van der Waals surface area contributed by atoms with Crippen LogP contribution in [0.5, 0.6) is 0 Å². The lowest BCUT2D eigenvalue weighted by molar-refractivity contribution is -0.384. The molecule has 9 nitrogen and oxygen atoms in total. The van der Waals surface area contributed by atoms with E-state index in [1.807, 2.05) is 0 Å². The number of thioether (sulfide) groups is 1. The number of fused-ring (bicyclic) bond motifs is 1. The number of nitro groups is 1. The average Bonchev–Trinajstić information content (AvgIpc) is 3.36. The molecule has 148 valence electrons. The van der Waals surface area contributed by atoms with E-state index < -0.39 is 22.9 Å². The van der Waals surface area contributed by atoms with Gasteiger partial charge in [0.05, 0.1) is 29.6 Å². The fraction of sp³-hybridized carbons (Fsp3) is 0.158. The van der Waals surface area contributed by atoms with E-state index in [0.717, 1.165) is 5.56 Å². The van der Waals surface area contributed by atoms with Gasteiger partial charge in [-0.3, -0.25) is 19.8 Å². The molecular formula is C19H14N2O7S. The topological polar surface area (TPSA) is 123 Å². The Morgan fingerprint density at radius 1 is 1.34 bits per heavy atom. The quantitative estimate of drug-likeness (QED) is 0.251. The molecule has 4 rings (SSSR count). The smallest absolute Gasteiger partial charge is 0.356 e. The summed E-state index contributed by atoms with van der Waals surface area (Å²) in [5.74, 6) is -1.08. The summed E-state index contributed by atoms with van der Waals surface area (Å²) in [6.45, 7) is -0.514. The van der Waals surface area contributed by atoms with E-state index in [0.29, 0.717) is 16.0 Å². The van der Waals surface area contributed by atoms with E-state index in [-0.39, 0.29) is 23.9 Å². The van der Waals surface area contributed by atoms with Crippen LogP contribution >= 0.6 is 11.8 Å². The first-order valence-corrected chi connectivity index (χ1v) is 9.36. The highest BCUT2D eigenvalue weighted by molar-refractivity contribution is 8.04. The molecule has 1 aromatic heterocycles. The Labute approximate surface area is 168 Å². The Morgan fingerprint density at radius 3 is 2.72 bits per heavy atom. The number of hydrogen-bond acceptors (Lipinski definition) is 8. The molecule has 29 heavy (non-hydrogen) atoms. The van der Waals surface area contributed by atoms with Crippen LogP contribution in [0, 0.1) is 10.1 Å². The van der Waals surface area contributed by atoms with Gasteiger partial charge < -0.3 is 14.3 Å². The molecule has 1 saturated heterocycles. The molecule has 0 aliphatic carbocycles. The second-order valence-corrected chi connectivity index (χ2v) is 7.41. The molecule has 0 spiro atoms. The number of aliphatic hydroxyl groups is 1. The third-order valence-electron chi connectivity index (χ3n) is 4.44. The first-order chi connectivity index (χ1) is 14.0. The zero-order valence-corrected chi connectivity index (χ0v) is 15.6. The van der Waals surface area contributed by atoms with Crippen LogP contribution in [0.25, 0.3) is 6.08 Å². The lowest BCUT2D eigenvalue weighted by Crippen LogP contribution is -2.51. The van der Waals surface area contributed by atoms with Crippen LogP contribution in [0.3, 0.4) is 0 Å². The Kier molecular flexibility index (Phi) is 4.95. The van der Waals surface area contributed by atoms with Crippen molar-refractivity contribution in [2.24, 2.45) is 0 Å². The largest absolute Gasteiger partial charge is 0.472 e. The molecule has 0 bridgehead atoms. The molecule has 1 atom stereocenters. The van der Waals surface area contributed by atoms with Crippen molar-refractivity contribution in [3.8, 4) is 0 Å². The summed E-state index contributed by atoms with van der Waals surface area (Å²) in [5.41, 5.74) is 1.75. The first-order valence-electron chi connectivity index (χ1n) is 8.48. The number of furan rings is 1. The third kappa shape index (κ3) is 3.43. The van der Waals surface area contributed by atoms with Crippen LogP contribution < -0.4 is 0 Å². The van der Waals surface area contributed by atoms with Gasteiger partial charge in [-0.05, 0) is 29.8 Å². The molecule has 1 amide bonds. The zero-order valence-electron chi connectivity index (χ0n) is 14.8. The zero-order chi connectivity index (χ0) is 20.5. The van der Waals surface area contributed by atoms with Crippen molar-refractivity contribution < 1.29 is 28.8 Å². The van der Waals surface area contributed by atoms with Gasteiger partial charge in [-0.2, -0.15) is 0 Å². The van der Waals surface area contributed by atoms with Gasteiger partial charge in [-0.1, -0.05) is 11.8 Å². The van der Waals surface area contributed by atoms with E-state index in [9.17, 15) is 24.8 Å². The summed E-state index contributed by atoms with van der Waals surface area (Å²) in [6, 6.07) is 7.31.